The Hall–Kier alpha value is -0.610. The highest BCUT2D eigenvalue weighted by Crippen LogP contribution is 2.08. The summed E-state index contributed by atoms with van der Waals surface area (Å²) in [6, 6.07) is 0. The number of hydrogen-bond donors (Lipinski definition) is 1. The van der Waals surface area contributed by atoms with Crippen molar-refractivity contribution in [2.75, 3.05) is 26.2 Å². The van der Waals surface area contributed by atoms with Gasteiger partial charge in [-0.25, -0.2) is 0 Å². The van der Waals surface area contributed by atoms with Crippen LogP contribution in [0.3, 0.4) is 0 Å². The summed E-state index contributed by atoms with van der Waals surface area (Å²) in [5.41, 5.74) is 0. The Bertz CT molecular complexity index is 184. The highest BCUT2D eigenvalue weighted by molar-refractivity contribution is 5.66. The fourth-order valence-electron chi connectivity index (χ4n) is 1.67. The minimum absolute atomic E-state index is 0.233. The van der Waals surface area contributed by atoms with E-state index in [0.29, 0.717) is 6.54 Å². The van der Waals surface area contributed by atoms with Crippen molar-refractivity contribution in [2.45, 2.75) is 32.3 Å². The molecule has 1 saturated heterocycles. The SMILES string of the molecule is CCC1CN(CCC(=O)O)CCCO1. The molecule has 1 fully saturated rings. The third-order valence-corrected chi connectivity index (χ3v) is 2.53. The average molecular weight is 201 g/mol. The van der Waals surface area contributed by atoms with Crippen molar-refractivity contribution in [3.05, 3.63) is 0 Å². The number of carboxylic acid groups (broad SMARTS) is 1. The smallest absolute Gasteiger partial charge is 0.304 e. The molecular weight excluding hydrogens is 182 g/mol. The number of carboxylic acids is 1. The lowest BCUT2D eigenvalue weighted by molar-refractivity contribution is -0.137. The summed E-state index contributed by atoms with van der Waals surface area (Å²) < 4.78 is 5.60. The van der Waals surface area contributed by atoms with Gasteiger partial charge in [-0.1, -0.05) is 6.92 Å². The largest absolute Gasteiger partial charge is 0.481 e. The normalized spacial score (nSPS) is 24.5. The van der Waals surface area contributed by atoms with Gasteiger partial charge in [-0.05, 0) is 12.8 Å². The maximum Gasteiger partial charge on any atom is 0.304 e. The highest BCUT2D eigenvalue weighted by atomic mass is 16.5. The van der Waals surface area contributed by atoms with Crippen molar-refractivity contribution in [1.29, 1.82) is 0 Å². The van der Waals surface area contributed by atoms with Crippen molar-refractivity contribution >= 4 is 5.97 Å². The van der Waals surface area contributed by atoms with E-state index in [-0.39, 0.29) is 12.5 Å². The molecule has 0 aromatic rings. The maximum atomic E-state index is 10.4. The Morgan fingerprint density at radius 1 is 1.64 bits per heavy atom. The lowest BCUT2D eigenvalue weighted by Gasteiger charge is -2.21. The monoisotopic (exact) mass is 201 g/mol. The predicted molar refractivity (Wildman–Crippen MR) is 53.3 cm³/mol. The summed E-state index contributed by atoms with van der Waals surface area (Å²) >= 11 is 0. The van der Waals surface area contributed by atoms with Crippen LogP contribution in [0, 0.1) is 0 Å². The van der Waals surface area contributed by atoms with Crippen LogP contribution in [0.2, 0.25) is 0 Å². The molecule has 0 amide bonds. The average Bonchev–Trinajstić information content (AvgIpc) is 2.39. The Morgan fingerprint density at radius 3 is 3.07 bits per heavy atom. The van der Waals surface area contributed by atoms with Gasteiger partial charge in [-0.2, -0.15) is 0 Å². The summed E-state index contributed by atoms with van der Waals surface area (Å²) in [7, 11) is 0. The van der Waals surface area contributed by atoms with Gasteiger partial charge in [0.1, 0.15) is 0 Å². The van der Waals surface area contributed by atoms with E-state index < -0.39 is 5.97 Å². The zero-order valence-corrected chi connectivity index (χ0v) is 8.74. The molecule has 0 bridgehead atoms. The Balaban J connectivity index is 2.31. The van der Waals surface area contributed by atoms with Crippen LogP contribution in [0.25, 0.3) is 0 Å². The second kappa shape index (κ2) is 5.98. The summed E-state index contributed by atoms with van der Waals surface area (Å²) in [4.78, 5) is 12.6. The van der Waals surface area contributed by atoms with Crippen LogP contribution in [0.15, 0.2) is 0 Å². The molecule has 1 N–H and O–H groups in total. The van der Waals surface area contributed by atoms with Gasteiger partial charge in [0, 0.05) is 26.2 Å². The fraction of sp³-hybridized carbons (Fsp3) is 0.900. The lowest BCUT2D eigenvalue weighted by atomic mass is 10.2. The maximum absolute atomic E-state index is 10.4. The van der Waals surface area contributed by atoms with Gasteiger partial charge < -0.3 is 14.7 Å². The quantitative estimate of drug-likeness (QED) is 0.736. The molecule has 14 heavy (non-hydrogen) atoms. The molecule has 0 radical (unpaired) electrons. The molecule has 0 aliphatic carbocycles. The van der Waals surface area contributed by atoms with Gasteiger partial charge in [-0.15, -0.1) is 0 Å². The molecule has 1 unspecified atom stereocenters. The molecule has 4 heteroatoms. The predicted octanol–water partition coefficient (Wildman–Crippen LogP) is 0.962. The lowest BCUT2D eigenvalue weighted by Crippen LogP contribution is -2.33. The summed E-state index contributed by atoms with van der Waals surface area (Å²) in [5, 5.41) is 8.58. The molecule has 1 rings (SSSR count). The number of ether oxygens (including phenoxy) is 1. The summed E-state index contributed by atoms with van der Waals surface area (Å²) in [6.45, 7) is 5.40. The fourth-order valence-corrected chi connectivity index (χ4v) is 1.67. The Morgan fingerprint density at radius 2 is 2.43 bits per heavy atom. The molecule has 1 heterocycles. The topological polar surface area (TPSA) is 49.8 Å². The van der Waals surface area contributed by atoms with Crippen molar-refractivity contribution in [3.8, 4) is 0 Å². The molecule has 0 saturated carbocycles. The second-order valence-electron chi connectivity index (χ2n) is 3.70. The zero-order valence-electron chi connectivity index (χ0n) is 8.74. The summed E-state index contributed by atoms with van der Waals surface area (Å²) in [5.74, 6) is -0.719. The molecule has 0 aromatic heterocycles. The third kappa shape index (κ3) is 4.07. The number of nitrogens with zero attached hydrogens (tertiary/aromatic N) is 1. The Kier molecular flexibility index (Phi) is 4.90. The van der Waals surface area contributed by atoms with E-state index in [4.69, 9.17) is 9.84 Å². The minimum Gasteiger partial charge on any atom is -0.481 e. The molecule has 0 spiro atoms. The van der Waals surface area contributed by atoms with Crippen LogP contribution in [0.5, 0.6) is 0 Å². The van der Waals surface area contributed by atoms with E-state index >= 15 is 0 Å². The number of hydrogen-bond acceptors (Lipinski definition) is 3. The molecule has 1 atom stereocenters. The number of carbonyl (C=O) groups is 1. The van der Waals surface area contributed by atoms with Crippen molar-refractivity contribution in [2.24, 2.45) is 0 Å². The van der Waals surface area contributed by atoms with E-state index in [9.17, 15) is 4.79 Å². The molecule has 1 aliphatic rings. The van der Waals surface area contributed by atoms with Crippen LogP contribution >= 0.6 is 0 Å². The molecule has 82 valence electrons. The van der Waals surface area contributed by atoms with Gasteiger partial charge in [0.2, 0.25) is 0 Å². The first kappa shape index (κ1) is 11.5. The third-order valence-electron chi connectivity index (χ3n) is 2.53. The van der Waals surface area contributed by atoms with Crippen LogP contribution in [-0.2, 0) is 9.53 Å². The standard InChI is InChI=1S/C10H19NO3/c1-2-9-8-11(5-3-7-14-9)6-4-10(12)13/h9H,2-8H2,1H3,(H,12,13). The van der Waals surface area contributed by atoms with E-state index in [1.807, 2.05) is 0 Å². The molecule has 1 aliphatic heterocycles. The second-order valence-corrected chi connectivity index (χ2v) is 3.70. The van der Waals surface area contributed by atoms with Crippen LogP contribution in [-0.4, -0.2) is 48.3 Å². The zero-order chi connectivity index (χ0) is 10.4. The van der Waals surface area contributed by atoms with Gasteiger partial charge in [0.25, 0.3) is 0 Å². The van der Waals surface area contributed by atoms with E-state index in [1.54, 1.807) is 0 Å². The Labute approximate surface area is 84.8 Å². The van der Waals surface area contributed by atoms with Gasteiger partial charge in [-0.3, -0.25) is 4.79 Å². The van der Waals surface area contributed by atoms with Crippen molar-refractivity contribution in [1.82, 2.24) is 4.90 Å². The number of aliphatic carboxylic acids is 1. The van der Waals surface area contributed by atoms with Gasteiger partial charge in [0.05, 0.1) is 12.5 Å². The van der Waals surface area contributed by atoms with Crippen molar-refractivity contribution in [3.63, 3.8) is 0 Å². The van der Waals surface area contributed by atoms with Gasteiger partial charge in [0.15, 0.2) is 0 Å². The highest BCUT2D eigenvalue weighted by Gasteiger charge is 2.17. The van der Waals surface area contributed by atoms with E-state index in [2.05, 4.69) is 11.8 Å². The first-order valence-corrected chi connectivity index (χ1v) is 5.28. The van der Waals surface area contributed by atoms with Crippen LogP contribution < -0.4 is 0 Å². The molecular formula is C10H19NO3. The van der Waals surface area contributed by atoms with Crippen LogP contribution in [0.1, 0.15) is 26.2 Å². The van der Waals surface area contributed by atoms with Crippen molar-refractivity contribution < 1.29 is 14.6 Å². The number of rotatable bonds is 4. The molecule has 4 nitrogen and oxygen atoms in total. The first-order chi connectivity index (χ1) is 6.72. The van der Waals surface area contributed by atoms with E-state index in [1.165, 1.54) is 0 Å². The van der Waals surface area contributed by atoms with Gasteiger partial charge >= 0.3 is 5.97 Å². The minimum atomic E-state index is -0.719. The van der Waals surface area contributed by atoms with E-state index in [0.717, 1.165) is 32.5 Å². The summed E-state index contributed by atoms with van der Waals surface area (Å²) in [6.07, 6.45) is 2.53. The molecule has 0 aromatic carbocycles. The first-order valence-electron chi connectivity index (χ1n) is 5.28. The van der Waals surface area contributed by atoms with Crippen LogP contribution in [0.4, 0.5) is 0 Å².